The summed E-state index contributed by atoms with van der Waals surface area (Å²) in [4.78, 5) is 23.4. The Morgan fingerprint density at radius 3 is 2.61 bits per heavy atom. The lowest BCUT2D eigenvalue weighted by atomic mass is 10.1. The number of hydrogen-bond acceptors (Lipinski definition) is 3. The van der Waals surface area contributed by atoms with Crippen LogP contribution in [0.2, 0.25) is 5.02 Å². The van der Waals surface area contributed by atoms with Gasteiger partial charge < -0.3 is 10.4 Å². The van der Waals surface area contributed by atoms with E-state index in [9.17, 15) is 9.59 Å². The first-order chi connectivity index (χ1) is 11.1. The lowest BCUT2D eigenvalue weighted by Gasteiger charge is -2.07. The van der Waals surface area contributed by atoms with E-state index in [1.807, 2.05) is 23.6 Å². The fourth-order valence-electron chi connectivity index (χ4n) is 2.33. The van der Waals surface area contributed by atoms with E-state index in [1.165, 1.54) is 12.1 Å². The van der Waals surface area contributed by atoms with Crippen molar-refractivity contribution in [1.82, 2.24) is 5.32 Å². The molecule has 2 aromatic carbocycles. The molecule has 6 heteroatoms. The van der Waals surface area contributed by atoms with E-state index in [0.29, 0.717) is 11.6 Å². The summed E-state index contributed by atoms with van der Waals surface area (Å²) in [5.74, 6) is -1.53. The molecule has 2 N–H and O–H groups in total. The van der Waals surface area contributed by atoms with Crippen LogP contribution in [-0.4, -0.2) is 17.0 Å². The van der Waals surface area contributed by atoms with Crippen molar-refractivity contribution in [2.24, 2.45) is 0 Å². The van der Waals surface area contributed by atoms with Crippen LogP contribution in [0.5, 0.6) is 0 Å². The maximum absolute atomic E-state index is 12.3. The molecule has 23 heavy (non-hydrogen) atoms. The molecule has 3 rings (SSSR count). The monoisotopic (exact) mass is 345 g/mol. The first kappa shape index (κ1) is 15.5. The van der Waals surface area contributed by atoms with Gasteiger partial charge in [0.1, 0.15) is 0 Å². The predicted molar refractivity (Wildman–Crippen MR) is 91.4 cm³/mol. The molecule has 0 spiro atoms. The Bertz CT molecular complexity index is 904. The number of hydrogen-bond donors (Lipinski definition) is 2. The van der Waals surface area contributed by atoms with E-state index in [2.05, 4.69) is 5.32 Å². The van der Waals surface area contributed by atoms with Crippen LogP contribution >= 0.6 is 22.9 Å². The average Bonchev–Trinajstić information content (AvgIpc) is 2.94. The second-order valence-corrected chi connectivity index (χ2v) is 6.28. The number of rotatable bonds is 4. The second kappa shape index (κ2) is 6.40. The molecule has 4 nitrogen and oxygen atoms in total. The highest BCUT2D eigenvalue weighted by Crippen LogP contribution is 2.28. The lowest BCUT2D eigenvalue weighted by Crippen LogP contribution is -2.24. The number of carbonyl (C=O) groups is 2. The number of nitrogens with one attached hydrogen (secondary N) is 1. The fraction of sp³-hybridized carbons (Fsp3) is 0.0588. The van der Waals surface area contributed by atoms with Crippen LogP contribution in [0, 0.1) is 0 Å². The zero-order valence-corrected chi connectivity index (χ0v) is 13.4. The Morgan fingerprint density at radius 1 is 1.13 bits per heavy atom. The Balaban J connectivity index is 1.81. The standard InChI is InChI=1S/C17H12ClNO3S/c18-11-5-6-15-14(7-11)10(9-23-15)8-19-16(20)12-3-1-2-4-13(12)17(21)22/h1-7,9H,8H2,(H,19,20)(H,21,22). The Kier molecular flexibility index (Phi) is 4.32. The third-order valence-corrected chi connectivity index (χ3v) is 4.70. The van der Waals surface area contributed by atoms with Crippen molar-refractivity contribution < 1.29 is 14.7 Å². The molecule has 0 saturated carbocycles. The molecule has 0 unspecified atom stereocenters. The van der Waals surface area contributed by atoms with E-state index in [0.717, 1.165) is 15.6 Å². The molecule has 0 atom stereocenters. The minimum absolute atomic E-state index is 0.0109. The van der Waals surface area contributed by atoms with Gasteiger partial charge in [-0.1, -0.05) is 23.7 Å². The molecule has 0 aliphatic heterocycles. The third kappa shape index (κ3) is 3.21. The largest absolute Gasteiger partial charge is 0.478 e. The highest BCUT2D eigenvalue weighted by molar-refractivity contribution is 7.17. The summed E-state index contributed by atoms with van der Waals surface area (Å²) in [5, 5.41) is 15.5. The van der Waals surface area contributed by atoms with Crippen LogP contribution in [0.15, 0.2) is 47.8 Å². The van der Waals surface area contributed by atoms with Crippen LogP contribution in [0.3, 0.4) is 0 Å². The summed E-state index contributed by atoms with van der Waals surface area (Å²) >= 11 is 7.59. The number of aromatic carboxylic acids is 1. The van der Waals surface area contributed by atoms with Gasteiger partial charge >= 0.3 is 5.97 Å². The van der Waals surface area contributed by atoms with Gasteiger partial charge in [-0.25, -0.2) is 4.79 Å². The van der Waals surface area contributed by atoms with E-state index in [-0.39, 0.29) is 11.1 Å². The molecule has 0 aliphatic carbocycles. The number of carboxylic acids is 1. The number of fused-ring (bicyclic) bond motifs is 1. The summed E-state index contributed by atoms with van der Waals surface area (Å²) in [6, 6.07) is 11.8. The van der Waals surface area contributed by atoms with Gasteiger partial charge in [0.15, 0.2) is 0 Å². The highest BCUT2D eigenvalue weighted by atomic mass is 35.5. The summed E-state index contributed by atoms with van der Waals surface area (Å²) in [5.41, 5.74) is 1.09. The van der Waals surface area contributed by atoms with Gasteiger partial charge in [-0.2, -0.15) is 0 Å². The average molecular weight is 346 g/mol. The van der Waals surface area contributed by atoms with Crippen LogP contribution in [0.4, 0.5) is 0 Å². The predicted octanol–water partition coefficient (Wildman–Crippen LogP) is 4.18. The molecule has 0 saturated heterocycles. The topological polar surface area (TPSA) is 66.4 Å². The molecule has 1 amide bonds. The second-order valence-electron chi connectivity index (χ2n) is 4.93. The number of carboxylic acid groups (broad SMARTS) is 1. The molecule has 0 radical (unpaired) electrons. The molecule has 1 aromatic heterocycles. The van der Waals surface area contributed by atoms with Crippen molar-refractivity contribution in [3.8, 4) is 0 Å². The van der Waals surface area contributed by atoms with E-state index >= 15 is 0 Å². The zero-order valence-electron chi connectivity index (χ0n) is 11.9. The molecule has 1 heterocycles. The Hall–Kier alpha value is -2.37. The molecule has 0 fully saturated rings. The highest BCUT2D eigenvalue weighted by Gasteiger charge is 2.16. The van der Waals surface area contributed by atoms with Crippen molar-refractivity contribution in [3.63, 3.8) is 0 Å². The van der Waals surface area contributed by atoms with E-state index in [4.69, 9.17) is 16.7 Å². The molecule has 0 bridgehead atoms. The zero-order chi connectivity index (χ0) is 16.4. The summed E-state index contributed by atoms with van der Waals surface area (Å²) in [7, 11) is 0. The van der Waals surface area contributed by atoms with Crippen molar-refractivity contribution in [1.29, 1.82) is 0 Å². The first-order valence-electron chi connectivity index (χ1n) is 6.82. The maximum Gasteiger partial charge on any atom is 0.336 e. The molecule has 116 valence electrons. The number of thiophene rings is 1. The summed E-state index contributed by atoms with van der Waals surface area (Å²) < 4.78 is 1.09. The van der Waals surface area contributed by atoms with Crippen LogP contribution in [0.1, 0.15) is 26.3 Å². The van der Waals surface area contributed by atoms with Crippen molar-refractivity contribution in [3.05, 3.63) is 69.6 Å². The minimum atomic E-state index is -1.12. The Labute approximate surface area is 141 Å². The van der Waals surface area contributed by atoms with Gasteiger partial charge in [0.25, 0.3) is 5.91 Å². The minimum Gasteiger partial charge on any atom is -0.478 e. The van der Waals surface area contributed by atoms with E-state index in [1.54, 1.807) is 23.5 Å². The third-order valence-electron chi connectivity index (χ3n) is 3.46. The Morgan fingerprint density at radius 2 is 1.87 bits per heavy atom. The number of benzene rings is 2. The smallest absolute Gasteiger partial charge is 0.336 e. The number of halogens is 1. The van der Waals surface area contributed by atoms with Crippen molar-refractivity contribution in [2.45, 2.75) is 6.54 Å². The number of amides is 1. The summed E-state index contributed by atoms with van der Waals surface area (Å²) in [6.45, 7) is 0.313. The molecule has 0 aliphatic rings. The normalized spacial score (nSPS) is 10.7. The van der Waals surface area contributed by atoms with Gasteiger partial charge in [-0.3, -0.25) is 4.79 Å². The van der Waals surface area contributed by atoms with E-state index < -0.39 is 11.9 Å². The summed E-state index contributed by atoms with van der Waals surface area (Å²) in [6.07, 6.45) is 0. The molecule has 3 aromatic rings. The van der Waals surface area contributed by atoms with Gasteiger partial charge in [0.2, 0.25) is 0 Å². The van der Waals surface area contributed by atoms with Crippen LogP contribution < -0.4 is 5.32 Å². The fourth-order valence-corrected chi connectivity index (χ4v) is 3.44. The first-order valence-corrected chi connectivity index (χ1v) is 8.08. The van der Waals surface area contributed by atoms with Gasteiger partial charge in [0.05, 0.1) is 11.1 Å². The van der Waals surface area contributed by atoms with Crippen LogP contribution in [-0.2, 0) is 6.54 Å². The van der Waals surface area contributed by atoms with Gasteiger partial charge in [0, 0.05) is 16.3 Å². The van der Waals surface area contributed by atoms with Crippen molar-refractivity contribution >= 4 is 44.9 Å². The van der Waals surface area contributed by atoms with Gasteiger partial charge in [-0.15, -0.1) is 11.3 Å². The number of carbonyl (C=O) groups excluding carboxylic acids is 1. The molecular weight excluding hydrogens is 334 g/mol. The quantitative estimate of drug-likeness (QED) is 0.745. The SMILES string of the molecule is O=C(O)c1ccccc1C(=O)NCc1csc2ccc(Cl)cc12. The maximum atomic E-state index is 12.3. The van der Waals surface area contributed by atoms with Gasteiger partial charge in [-0.05, 0) is 46.7 Å². The van der Waals surface area contributed by atoms with Crippen LogP contribution in [0.25, 0.3) is 10.1 Å². The molecular formula is C17H12ClNO3S. The lowest BCUT2D eigenvalue weighted by molar-refractivity contribution is 0.0691. The van der Waals surface area contributed by atoms with Crippen molar-refractivity contribution in [2.75, 3.05) is 0 Å².